The van der Waals surface area contributed by atoms with Crippen LogP contribution in [0.4, 0.5) is 13.2 Å². The zero-order valence-corrected chi connectivity index (χ0v) is 13.7. The van der Waals surface area contributed by atoms with Crippen LogP contribution in [-0.4, -0.2) is 28.4 Å². The third-order valence-corrected chi connectivity index (χ3v) is 3.49. The second-order valence-corrected chi connectivity index (χ2v) is 5.58. The molecule has 2 atom stereocenters. The molecule has 0 aliphatic rings. The first kappa shape index (κ1) is 19.6. The van der Waals surface area contributed by atoms with Crippen molar-refractivity contribution in [3.8, 4) is 17.2 Å². The van der Waals surface area contributed by atoms with E-state index < -0.39 is 36.3 Å². The molecule has 2 rings (SSSR count). The monoisotopic (exact) mass is 370 g/mol. The molecule has 0 saturated heterocycles. The van der Waals surface area contributed by atoms with Gasteiger partial charge < -0.3 is 19.7 Å². The first-order chi connectivity index (χ1) is 12.1. The van der Waals surface area contributed by atoms with Crippen LogP contribution in [0.2, 0.25) is 0 Å². The summed E-state index contributed by atoms with van der Waals surface area (Å²) >= 11 is 0. The number of benzene rings is 2. The molecule has 26 heavy (non-hydrogen) atoms. The van der Waals surface area contributed by atoms with E-state index >= 15 is 0 Å². The number of halogens is 3. The number of alkyl halides is 3. The molecule has 0 radical (unpaired) electrons. The summed E-state index contributed by atoms with van der Waals surface area (Å²) in [6, 6.07) is 10.5. The summed E-state index contributed by atoms with van der Waals surface area (Å²) in [5.74, 6) is -0.109. The Morgan fingerprint density at radius 3 is 1.92 bits per heavy atom. The molecule has 140 valence electrons. The van der Waals surface area contributed by atoms with E-state index in [9.17, 15) is 23.1 Å². The zero-order valence-electron chi connectivity index (χ0n) is 13.7. The lowest BCUT2D eigenvalue weighted by Gasteiger charge is -2.19. The van der Waals surface area contributed by atoms with Crippen LogP contribution in [0.25, 0.3) is 0 Å². The van der Waals surface area contributed by atoms with Crippen molar-refractivity contribution in [1.29, 1.82) is 0 Å². The molecule has 0 aromatic heterocycles. The predicted molar refractivity (Wildman–Crippen MR) is 86.3 cm³/mol. The van der Waals surface area contributed by atoms with Crippen LogP contribution in [0.1, 0.15) is 18.9 Å². The van der Waals surface area contributed by atoms with Gasteiger partial charge in [0.05, 0.1) is 12.0 Å². The summed E-state index contributed by atoms with van der Waals surface area (Å²) in [6.45, 7) is 1.54. The minimum Gasteiger partial charge on any atom is -0.488 e. The van der Waals surface area contributed by atoms with Crippen LogP contribution in [0, 0.1) is 0 Å². The Hall–Kier alpha value is -2.74. The maximum absolute atomic E-state index is 12.5. The van der Waals surface area contributed by atoms with Gasteiger partial charge in [0.15, 0.2) is 0 Å². The largest absolute Gasteiger partial charge is 0.488 e. The second kappa shape index (κ2) is 8.09. The van der Waals surface area contributed by atoms with E-state index in [-0.39, 0.29) is 5.75 Å². The van der Waals surface area contributed by atoms with E-state index in [0.29, 0.717) is 11.5 Å². The summed E-state index contributed by atoms with van der Waals surface area (Å²) in [7, 11) is 0. The normalized spacial score (nSPS) is 13.7. The van der Waals surface area contributed by atoms with E-state index in [1.807, 2.05) is 0 Å². The third kappa shape index (κ3) is 5.66. The van der Waals surface area contributed by atoms with Crippen LogP contribution in [0.15, 0.2) is 48.5 Å². The summed E-state index contributed by atoms with van der Waals surface area (Å²) < 4.78 is 48.4. The molecule has 2 N–H and O–H groups in total. The van der Waals surface area contributed by atoms with Crippen LogP contribution < -0.4 is 9.47 Å². The van der Waals surface area contributed by atoms with Gasteiger partial charge in [0.1, 0.15) is 29.5 Å². The Morgan fingerprint density at radius 2 is 1.46 bits per heavy atom. The van der Waals surface area contributed by atoms with Gasteiger partial charge in [0.2, 0.25) is 0 Å². The molecule has 0 aliphatic carbocycles. The van der Waals surface area contributed by atoms with Crippen LogP contribution in [-0.2, 0) is 11.0 Å². The van der Waals surface area contributed by atoms with Crippen molar-refractivity contribution in [1.82, 2.24) is 0 Å². The minimum atomic E-state index is -4.40. The smallest absolute Gasteiger partial charge is 0.416 e. The van der Waals surface area contributed by atoms with E-state index in [2.05, 4.69) is 0 Å². The molecule has 0 amide bonds. The van der Waals surface area contributed by atoms with Crippen molar-refractivity contribution in [3.63, 3.8) is 0 Å². The maximum Gasteiger partial charge on any atom is 0.416 e. The maximum atomic E-state index is 12.5. The van der Waals surface area contributed by atoms with Crippen molar-refractivity contribution in [2.45, 2.75) is 31.7 Å². The Bertz CT molecular complexity index is 726. The number of carbonyl (C=O) groups is 1. The number of aliphatic carboxylic acids is 1. The van der Waals surface area contributed by atoms with Gasteiger partial charge in [-0.2, -0.15) is 13.2 Å². The Balaban J connectivity index is 1.96. The van der Waals surface area contributed by atoms with Crippen molar-refractivity contribution in [2.24, 2.45) is 0 Å². The van der Waals surface area contributed by atoms with Crippen LogP contribution in [0.5, 0.6) is 17.2 Å². The molecule has 2 aromatic rings. The highest BCUT2D eigenvalue weighted by atomic mass is 19.4. The first-order valence-corrected chi connectivity index (χ1v) is 7.67. The van der Waals surface area contributed by atoms with Gasteiger partial charge in [0, 0.05) is 0 Å². The van der Waals surface area contributed by atoms with E-state index in [4.69, 9.17) is 14.6 Å². The van der Waals surface area contributed by atoms with Gasteiger partial charge in [-0.25, -0.2) is 0 Å². The highest BCUT2D eigenvalue weighted by Crippen LogP contribution is 2.31. The van der Waals surface area contributed by atoms with Gasteiger partial charge in [0.25, 0.3) is 0 Å². The van der Waals surface area contributed by atoms with Crippen molar-refractivity contribution >= 4 is 5.97 Å². The van der Waals surface area contributed by atoms with Gasteiger partial charge in [-0.05, 0) is 55.5 Å². The Labute approximate surface area is 147 Å². The highest BCUT2D eigenvalue weighted by Gasteiger charge is 2.30. The fraction of sp³-hybridized carbons (Fsp3) is 0.278. The summed E-state index contributed by atoms with van der Waals surface area (Å²) in [5, 5.41) is 18.3. The molecule has 0 heterocycles. The number of aliphatic hydroxyl groups excluding tert-OH is 1. The molecule has 0 spiro atoms. The van der Waals surface area contributed by atoms with E-state index in [1.165, 1.54) is 12.1 Å². The fourth-order valence-corrected chi connectivity index (χ4v) is 2.07. The van der Waals surface area contributed by atoms with E-state index in [0.717, 1.165) is 12.1 Å². The Morgan fingerprint density at radius 1 is 1.00 bits per heavy atom. The highest BCUT2D eigenvalue weighted by molar-refractivity contribution is 5.67. The molecule has 0 aliphatic heterocycles. The van der Waals surface area contributed by atoms with Gasteiger partial charge >= 0.3 is 12.1 Å². The Kier molecular flexibility index (Phi) is 6.10. The van der Waals surface area contributed by atoms with Crippen molar-refractivity contribution in [2.75, 3.05) is 0 Å². The number of carboxylic acid groups (broad SMARTS) is 1. The topological polar surface area (TPSA) is 76.0 Å². The van der Waals surface area contributed by atoms with Gasteiger partial charge in [-0.1, -0.05) is 0 Å². The molecular formula is C18H17F3O5. The molecule has 5 nitrogen and oxygen atoms in total. The number of aliphatic hydroxyl groups is 1. The average Bonchev–Trinajstić information content (AvgIpc) is 2.55. The third-order valence-electron chi connectivity index (χ3n) is 3.49. The van der Waals surface area contributed by atoms with Crippen molar-refractivity contribution in [3.05, 3.63) is 54.1 Å². The number of ether oxygens (including phenoxy) is 2. The number of rotatable bonds is 7. The lowest BCUT2D eigenvalue weighted by Crippen LogP contribution is -2.30. The molecule has 2 aromatic carbocycles. The quantitative estimate of drug-likeness (QED) is 0.767. The van der Waals surface area contributed by atoms with Gasteiger partial charge in [-0.15, -0.1) is 0 Å². The molecule has 8 heteroatoms. The molecule has 0 fully saturated rings. The second-order valence-electron chi connectivity index (χ2n) is 5.58. The summed E-state index contributed by atoms with van der Waals surface area (Å²) in [6.07, 6.45) is -6.72. The van der Waals surface area contributed by atoms with Gasteiger partial charge in [-0.3, -0.25) is 4.79 Å². The molecule has 0 saturated carbocycles. The standard InChI is InChI=1S/C18H17F3O5/c1-11(16(22)10-17(23)24)25-13-6-8-15(9-7-13)26-14-4-2-12(3-5-14)18(19,20)21/h2-9,11,16,22H,10H2,1H3,(H,23,24). The average molecular weight is 370 g/mol. The summed E-state index contributed by atoms with van der Waals surface area (Å²) in [4.78, 5) is 10.6. The lowest BCUT2D eigenvalue weighted by atomic mass is 10.1. The van der Waals surface area contributed by atoms with Crippen LogP contribution in [0.3, 0.4) is 0 Å². The minimum absolute atomic E-state index is 0.247. The zero-order chi connectivity index (χ0) is 19.3. The van der Waals surface area contributed by atoms with E-state index in [1.54, 1.807) is 31.2 Å². The SMILES string of the molecule is CC(Oc1ccc(Oc2ccc(C(F)(F)F)cc2)cc1)C(O)CC(=O)O. The molecule has 0 bridgehead atoms. The van der Waals surface area contributed by atoms with Crippen molar-refractivity contribution < 1.29 is 37.7 Å². The first-order valence-electron chi connectivity index (χ1n) is 7.67. The predicted octanol–water partition coefficient (Wildman–Crippen LogP) is 4.10. The fourth-order valence-electron chi connectivity index (χ4n) is 2.07. The number of carboxylic acids is 1. The molecular weight excluding hydrogens is 353 g/mol. The molecule has 2 unspecified atom stereocenters. The summed E-state index contributed by atoms with van der Waals surface area (Å²) in [5.41, 5.74) is -0.762. The number of hydrogen-bond donors (Lipinski definition) is 2. The lowest BCUT2D eigenvalue weighted by molar-refractivity contribution is -0.140. The number of hydrogen-bond acceptors (Lipinski definition) is 4. The van der Waals surface area contributed by atoms with Crippen LogP contribution >= 0.6 is 0 Å².